The van der Waals surface area contributed by atoms with E-state index in [1.165, 1.54) is 0 Å². The maximum atomic E-state index is 5.48. The van der Waals surface area contributed by atoms with Gasteiger partial charge < -0.3 is 10.3 Å². The quantitative estimate of drug-likeness (QED) is 0.713. The Bertz CT molecular complexity index is 399. The van der Waals surface area contributed by atoms with Crippen LogP contribution in [0, 0.1) is 0 Å². The van der Waals surface area contributed by atoms with Crippen LogP contribution in [-0.2, 0) is 13.6 Å². The summed E-state index contributed by atoms with van der Waals surface area (Å²) in [6.07, 6.45) is 1.99. The first-order valence-electron chi connectivity index (χ1n) is 4.17. The summed E-state index contributed by atoms with van der Waals surface area (Å²) in [5.74, 6) is 0. The van der Waals surface area contributed by atoms with Crippen molar-refractivity contribution in [2.75, 3.05) is 0 Å². The summed E-state index contributed by atoms with van der Waals surface area (Å²) in [7, 11) is 1.99. The molecule has 2 aromatic rings. The van der Waals surface area contributed by atoms with Gasteiger partial charge in [0.15, 0.2) is 0 Å². The van der Waals surface area contributed by atoms with Crippen molar-refractivity contribution in [3.8, 4) is 11.4 Å². The van der Waals surface area contributed by atoms with Crippen molar-refractivity contribution in [2.45, 2.75) is 6.54 Å². The highest BCUT2D eigenvalue weighted by atomic mass is 15.1. The van der Waals surface area contributed by atoms with E-state index in [2.05, 4.69) is 10.2 Å². The third-order valence-corrected chi connectivity index (χ3v) is 2.06. The summed E-state index contributed by atoms with van der Waals surface area (Å²) in [6, 6.07) is 5.98. The van der Waals surface area contributed by atoms with Crippen molar-refractivity contribution in [3.05, 3.63) is 30.1 Å². The monoisotopic (exact) mass is 176 g/mol. The van der Waals surface area contributed by atoms with E-state index < -0.39 is 0 Å². The van der Waals surface area contributed by atoms with Crippen LogP contribution in [0.25, 0.3) is 11.4 Å². The molecule has 4 nitrogen and oxygen atoms in total. The fraction of sp³-hybridized carbons (Fsp3) is 0.222. The molecule has 0 atom stereocenters. The van der Waals surface area contributed by atoms with Crippen LogP contribution in [0.15, 0.2) is 24.4 Å². The molecule has 0 aliphatic heterocycles. The molecule has 0 amide bonds. The first kappa shape index (κ1) is 8.07. The third-order valence-electron chi connectivity index (χ3n) is 2.06. The van der Waals surface area contributed by atoms with Crippen LogP contribution in [0.2, 0.25) is 0 Å². The maximum Gasteiger partial charge on any atom is 0.109 e. The molecule has 0 aromatic carbocycles. The fourth-order valence-electron chi connectivity index (χ4n) is 1.32. The zero-order chi connectivity index (χ0) is 9.26. The number of aromatic amines is 1. The van der Waals surface area contributed by atoms with Crippen LogP contribution in [0.5, 0.6) is 0 Å². The number of hydrogen-bond acceptors (Lipinski definition) is 2. The van der Waals surface area contributed by atoms with Gasteiger partial charge in [0, 0.05) is 25.5 Å². The minimum absolute atomic E-state index is 0.497. The van der Waals surface area contributed by atoms with Crippen LogP contribution < -0.4 is 5.73 Å². The van der Waals surface area contributed by atoms with Gasteiger partial charge in [-0.1, -0.05) is 0 Å². The van der Waals surface area contributed by atoms with Crippen LogP contribution in [-0.4, -0.2) is 14.8 Å². The van der Waals surface area contributed by atoms with Crippen molar-refractivity contribution in [1.29, 1.82) is 0 Å². The number of hydrogen-bond donors (Lipinski definition) is 2. The minimum Gasteiger partial charge on any atom is -0.349 e. The van der Waals surface area contributed by atoms with Gasteiger partial charge >= 0.3 is 0 Å². The van der Waals surface area contributed by atoms with Gasteiger partial charge in [-0.2, -0.15) is 5.10 Å². The molecule has 0 saturated carbocycles. The summed E-state index contributed by atoms with van der Waals surface area (Å²) in [6.45, 7) is 0.497. The topological polar surface area (TPSA) is 59.6 Å². The number of nitrogens with zero attached hydrogens (tertiary/aromatic N) is 2. The van der Waals surface area contributed by atoms with Gasteiger partial charge in [0.05, 0.1) is 5.69 Å². The highest BCUT2D eigenvalue weighted by molar-refractivity contribution is 5.55. The summed E-state index contributed by atoms with van der Waals surface area (Å²) >= 11 is 0. The van der Waals surface area contributed by atoms with Gasteiger partial charge in [0.2, 0.25) is 0 Å². The molecule has 13 heavy (non-hydrogen) atoms. The number of H-pyrrole nitrogens is 1. The molecular weight excluding hydrogens is 164 g/mol. The molecule has 2 heterocycles. The molecule has 3 N–H and O–H groups in total. The molecule has 0 aliphatic rings. The number of nitrogens with two attached hydrogens (primary N) is 1. The van der Waals surface area contributed by atoms with Crippen LogP contribution in [0.1, 0.15) is 5.69 Å². The van der Waals surface area contributed by atoms with E-state index in [-0.39, 0.29) is 0 Å². The molecule has 2 rings (SSSR count). The highest BCUT2D eigenvalue weighted by Gasteiger charge is 2.04. The fourth-order valence-corrected chi connectivity index (χ4v) is 1.32. The largest absolute Gasteiger partial charge is 0.349 e. The average Bonchev–Trinajstić information content (AvgIpc) is 2.71. The lowest BCUT2D eigenvalue weighted by molar-refractivity contribution is 0.919. The van der Waals surface area contributed by atoms with E-state index in [4.69, 9.17) is 5.73 Å². The number of aryl methyl sites for hydroxylation is 1. The van der Waals surface area contributed by atoms with Crippen LogP contribution in [0.3, 0.4) is 0 Å². The van der Waals surface area contributed by atoms with E-state index in [9.17, 15) is 0 Å². The molecule has 0 bridgehead atoms. The Morgan fingerprint density at radius 1 is 1.62 bits per heavy atom. The molecule has 0 spiro atoms. The van der Waals surface area contributed by atoms with Gasteiger partial charge in [-0.25, -0.2) is 0 Å². The smallest absolute Gasteiger partial charge is 0.109 e. The second-order valence-corrected chi connectivity index (χ2v) is 2.99. The van der Waals surface area contributed by atoms with Gasteiger partial charge in [0.25, 0.3) is 0 Å². The second kappa shape index (κ2) is 3.06. The summed E-state index contributed by atoms with van der Waals surface area (Å²) in [5, 5.41) is 7.05. The summed E-state index contributed by atoms with van der Waals surface area (Å²) < 4.78 is 2.02. The average molecular weight is 176 g/mol. The van der Waals surface area contributed by atoms with Crippen molar-refractivity contribution in [1.82, 2.24) is 14.8 Å². The normalized spacial score (nSPS) is 10.6. The Morgan fingerprint density at radius 2 is 2.46 bits per heavy atom. The lowest BCUT2D eigenvalue weighted by Gasteiger charge is -1.96. The summed E-state index contributed by atoms with van der Waals surface area (Å²) in [5.41, 5.74) is 8.46. The predicted octanol–water partition coefficient (Wildman–Crippen LogP) is 0.874. The van der Waals surface area contributed by atoms with E-state index in [0.29, 0.717) is 6.54 Å². The lowest BCUT2D eigenvalue weighted by atomic mass is 10.3. The Kier molecular flexibility index (Phi) is 1.90. The second-order valence-electron chi connectivity index (χ2n) is 2.99. The molecule has 0 radical (unpaired) electrons. The number of rotatable bonds is 2. The first-order valence-corrected chi connectivity index (χ1v) is 4.17. The Balaban J connectivity index is 2.41. The maximum absolute atomic E-state index is 5.48. The summed E-state index contributed by atoms with van der Waals surface area (Å²) in [4.78, 5) is 0. The molecule has 4 heteroatoms. The number of nitrogens with one attached hydrogen (secondary N) is 1. The molecule has 0 unspecified atom stereocenters. The van der Waals surface area contributed by atoms with Crippen molar-refractivity contribution in [3.63, 3.8) is 0 Å². The van der Waals surface area contributed by atoms with Crippen molar-refractivity contribution >= 4 is 0 Å². The molecule has 0 fully saturated rings. The molecule has 2 aromatic heterocycles. The SMILES string of the molecule is Cn1cccc1-c1cc(CN)[nH]n1. The van der Waals surface area contributed by atoms with Crippen LogP contribution in [0.4, 0.5) is 0 Å². The zero-order valence-corrected chi connectivity index (χ0v) is 7.49. The molecule has 68 valence electrons. The zero-order valence-electron chi connectivity index (χ0n) is 7.49. The Labute approximate surface area is 76.4 Å². The van der Waals surface area contributed by atoms with Crippen molar-refractivity contribution < 1.29 is 0 Å². The Hall–Kier alpha value is -1.55. The minimum atomic E-state index is 0.497. The lowest BCUT2D eigenvalue weighted by Crippen LogP contribution is -1.95. The molecule has 0 aliphatic carbocycles. The van der Waals surface area contributed by atoms with Gasteiger partial charge in [-0.15, -0.1) is 0 Å². The molecule has 0 saturated heterocycles. The standard InChI is InChI=1S/C9H12N4/c1-13-4-2-3-9(13)8-5-7(6-10)11-12-8/h2-5H,6,10H2,1H3,(H,11,12). The first-order chi connectivity index (χ1) is 6.31. The number of aromatic nitrogens is 3. The predicted molar refractivity (Wildman–Crippen MR) is 50.9 cm³/mol. The van der Waals surface area contributed by atoms with E-state index in [1.54, 1.807) is 0 Å². The highest BCUT2D eigenvalue weighted by Crippen LogP contribution is 2.16. The Morgan fingerprint density at radius 3 is 3.00 bits per heavy atom. The van der Waals surface area contributed by atoms with E-state index in [0.717, 1.165) is 17.1 Å². The van der Waals surface area contributed by atoms with E-state index in [1.807, 2.05) is 36.0 Å². The molecular formula is C9H12N4. The third kappa shape index (κ3) is 1.36. The van der Waals surface area contributed by atoms with Crippen LogP contribution >= 0.6 is 0 Å². The van der Waals surface area contributed by atoms with Gasteiger partial charge in [0.1, 0.15) is 5.69 Å². The van der Waals surface area contributed by atoms with Gasteiger partial charge in [-0.05, 0) is 18.2 Å². The van der Waals surface area contributed by atoms with Gasteiger partial charge in [-0.3, -0.25) is 5.10 Å². The van der Waals surface area contributed by atoms with Crippen molar-refractivity contribution in [2.24, 2.45) is 12.8 Å². The van der Waals surface area contributed by atoms with E-state index >= 15 is 0 Å².